The maximum atomic E-state index is 11.5. The van der Waals surface area contributed by atoms with Gasteiger partial charge in [0.2, 0.25) is 0 Å². The largest absolute Gasteiger partial charge is 0.431 e. The smallest absolute Gasteiger partial charge is 0.304 e. The number of benzene rings is 1. The summed E-state index contributed by atoms with van der Waals surface area (Å²) in [5.74, 6) is 0. The normalized spacial score (nSPS) is 17.0. The molecule has 2 aromatic rings. The topological polar surface area (TPSA) is 65.2 Å². The van der Waals surface area contributed by atoms with Crippen LogP contribution in [0.1, 0.15) is 24.1 Å². The predicted octanol–water partition coefficient (Wildman–Crippen LogP) is 0.547. The van der Waals surface area contributed by atoms with Crippen LogP contribution in [-0.2, 0) is 20.1 Å². The van der Waals surface area contributed by atoms with Crippen LogP contribution in [0.15, 0.2) is 39.6 Å². The molecular formula is C16H23N4O2+. The van der Waals surface area contributed by atoms with Gasteiger partial charge in [-0.15, -0.1) is 0 Å². The van der Waals surface area contributed by atoms with Crippen molar-refractivity contribution < 1.29 is 9.20 Å². The molecule has 0 bridgehead atoms. The molecule has 3 rings (SSSR count). The van der Waals surface area contributed by atoms with E-state index in [0.29, 0.717) is 18.3 Å². The van der Waals surface area contributed by atoms with Crippen LogP contribution >= 0.6 is 0 Å². The quantitative estimate of drug-likeness (QED) is 0.792. The molecule has 0 spiro atoms. The number of aromatic amines is 1. The first kappa shape index (κ1) is 15.0. The summed E-state index contributed by atoms with van der Waals surface area (Å²) in [5, 5.41) is 6.00. The number of nitrogens with zero attached hydrogens (tertiary/aromatic N) is 2. The summed E-state index contributed by atoms with van der Waals surface area (Å²) in [6.45, 7) is 3.73. The van der Waals surface area contributed by atoms with Gasteiger partial charge in [-0.25, -0.2) is 4.79 Å². The van der Waals surface area contributed by atoms with Crippen molar-refractivity contribution in [1.82, 2.24) is 15.5 Å². The maximum absolute atomic E-state index is 11.5. The molecule has 0 aliphatic carbocycles. The minimum Gasteiger partial charge on any atom is -0.304 e. The fourth-order valence-electron chi connectivity index (χ4n) is 2.93. The van der Waals surface area contributed by atoms with E-state index in [1.807, 2.05) is 0 Å². The summed E-state index contributed by atoms with van der Waals surface area (Å²) in [5.41, 5.74) is 1.70. The van der Waals surface area contributed by atoms with Crippen molar-refractivity contribution in [3.8, 4) is 0 Å². The maximum Gasteiger partial charge on any atom is 0.431 e. The average Bonchev–Trinajstić information content (AvgIpc) is 2.86. The lowest BCUT2D eigenvalue weighted by Gasteiger charge is -2.32. The number of aromatic nitrogens is 2. The highest BCUT2D eigenvalue weighted by Crippen LogP contribution is 2.13. The highest BCUT2D eigenvalue weighted by molar-refractivity contribution is 5.14. The lowest BCUT2D eigenvalue weighted by Crippen LogP contribution is -2.45. The Morgan fingerprint density at radius 1 is 1.32 bits per heavy atom. The molecule has 1 aromatic heterocycles. The van der Waals surface area contributed by atoms with E-state index in [2.05, 4.69) is 45.8 Å². The molecule has 6 heteroatoms. The second-order valence-corrected chi connectivity index (χ2v) is 5.90. The first-order valence-corrected chi connectivity index (χ1v) is 7.78. The fourth-order valence-corrected chi connectivity index (χ4v) is 2.93. The van der Waals surface area contributed by atoms with Crippen LogP contribution in [0, 0.1) is 0 Å². The monoisotopic (exact) mass is 303 g/mol. The van der Waals surface area contributed by atoms with Crippen molar-refractivity contribution in [2.45, 2.75) is 32.0 Å². The Bertz CT molecular complexity index is 642. The van der Waals surface area contributed by atoms with E-state index in [9.17, 15) is 4.79 Å². The second kappa shape index (κ2) is 6.89. The van der Waals surface area contributed by atoms with E-state index in [-0.39, 0.29) is 5.63 Å². The summed E-state index contributed by atoms with van der Waals surface area (Å²) in [6.07, 6.45) is 2.21. The third-order valence-electron chi connectivity index (χ3n) is 4.31. The van der Waals surface area contributed by atoms with Crippen LogP contribution < -0.4 is 15.6 Å². The Labute approximate surface area is 129 Å². The Kier molecular flexibility index (Phi) is 4.70. The van der Waals surface area contributed by atoms with Gasteiger partial charge in [0, 0.05) is 12.6 Å². The summed E-state index contributed by atoms with van der Waals surface area (Å²) in [7, 11) is 1.78. The van der Waals surface area contributed by atoms with Gasteiger partial charge in [-0.2, -0.15) is 0 Å². The molecule has 6 nitrogen and oxygen atoms in total. The lowest BCUT2D eigenvalue weighted by atomic mass is 10.0. The molecule has 0 radical (unpaired) electrons. The molecule has 0 amide bonds. The summed E-state index contributed by atoms with van der Waals surface area (Å²) >= 11 is 0. The van der Waals surface area contributed by atoms with Crippen LogP contribution in [0.4, 0.5) is 0 Å². The zero-order valence-corrected chi connectivity index (χ0v) is 12.9. The van der Waals surface area contributed by atoms with Gasteiger partial charge in [-0.05, 0) is 36.8 Å². The van der Waals surface area contributed by atoms with E-state index >= 15 is 0 Å². The predicted molar refractivity (Wildman–Crippen MR) is 82.1 cm³/mol. The summed E-state index contributed by atoms with van der Waals surface area (Å²) in [6, 6.07) is 11.0. The molecule has 22 heavy (non-hydrogen) atoms. The molecule has 0 unspecified atom stereocenters. The third-order valence-corrected chi connectivity index (χ3v) is 4.31. The number of hydrogen-bond acceptors (Lipinski definition) is 4. The molecular weight excluding hydrogens is 280 g/mol. The van der Waals surface area contributed by atoms with E-state index in [0.717, 1.165) is 32.5 Å². The van der Waals surface area contributed by atoms with Crippen LogP contribution in [0.25, 0.3) is 0 Å². The Balaban J connectivity index is 1.45. The molecule has 1 aliphatic heterocycles. The van der Waals surface area contributed by atoms with E-state index < -0.39 is 0 Å². The van der Waals surface area contributed by atoms with Crippen LogP contribution in [-0.4, -0.2) is 29.3 Å². The summed E-state index contributed by atoms with van der Waals surface area (Å²) < 4.78 is 6.38. The third kappa shape index (κ3) is 3.64. The van der Waals surface area contributed by atoms with Gasteiger partial charge < -0.3 is 5.32 Å². The summed E-state index contributed by atoms with van der Waals surface area (Å²) in [4.78, 5) is 14.0. The van der Waals surface area contributed by atoms with E-state index in [4.69, 9.17) is 4.52 Å². The molecule has 118 valence electrons. The number of aryl methyl sites for hydroxylation is 1. The van der Waals surface area contributed by atoms with Gasteiger partial charge in [-0.3, -0.25) is 9.42 Å². The second-order valence-electron chi connectivity index (χ2n) is 5.90. The van der Waals surface area contributed by atoms with Gasteiger partial charge in [0.1, 0.15) is 0 Å². The Hall–Kier alpha value is -1.92. The Morgan fingerprint density at radius 2 is 2.05 bits per heavy atom. The van der Waals surface area contributed by atoms with Crippen molar-refractivity contribution in [2.75, 3.05) is 13.1 Å². The van der Waals surface area contributed by atoms with Gasteiger partial charge in [-0.1, -0.05) is 35.0 Å². The van der Waals surface area contributed by atoms with Gasteiger partial charge >= 0.3 is 11.3 Å². The molecule has 1 fully saturated rings. The number of rotatable bonds is 5. The minimum absolute atomic E-state index is 0.295. The molecule has 1 aromatic carbocycles. The molecule has 0 atom stereocenters. The molecule has 2 heterocycles. The number of likely N-dealkylation sites (tertiary alicyclic amines) is 1. The van der Waals surface area contributed by atoms with Crippen molar-refractivity contribution in [1.29, 1.82) is 0 Å². The molecule has 1 saturated heterocycles. The molecule has 0 saturated carbocycles. The van der Waals surface area contributed by atoms with Crippen molar-refractivity contribution >= 4 is 0 Å². The van der Waals surface area contributed by atoms with Crippen LogP contribution in [0.3, 0.4) is 0 Å². The average molecular weight is 303 g/mol. The van der Waals surface area contributed by atoms with Crippen molar-refractivity contribution in [2.24, 2.45) is 7.05 Å². The lowest BCUT2D eigenvalue weighted by molar-refractivity contribution is -0.746. The molecule has 1 aliphatic rings. The van der Waals surface area contributed by atoms with Gasteiger partial charge in [0.25, 0.3) is 0 Å². The van der Waals surface area contributed by atoms with Gasteiger partial charge in [0.05, 0.1) is 6.54 Å². The number of piperidine rings is 1. The van der Waals surface area contributed by atoms with Crippen molar-refractivity contribution in [3.05, 3.63) is 52.0 Å². The van der Waals surface area contributed by atoms with Crippen LogP contribution in [0.5, 0.6) is 0 Å². The van der Waals surface area contributed by atoms with Gasteiger partial charge in [0.15, 0.2) is 7.05 Å². The van der Waals surface area contributed by atoms with E-state index in [1.54, 1.807) is 11.7 Å². The first-order chi connectivity index (χ1) is 10.7. The van der Waals surface area contributed by atoms with Crippen LogP contribution in [0.2, 0.25) is 0 Å². The number of hydrogen-bond donors (Lipinski definition) is 2. The first-order valence-electron chi connectivity index (χ1n) is 7.78. The Morgan fingerprint density at radius 3 is 2.68 bits per heavy atom. The number of nitrogens with one attached hydrogen (secondary N) is 2. The SMILES string of the molecule is C[n+]1[nH]oc(=O)c1CNC1CCN(Cc2ccccc2)CC1. The zero-order valence-electron chi connectivity index (χ0n) is 12.9. The highest BCUT2D eigenvalue weighted by atomic mass is 16.5. The van der Waals surface area contributed by atoms with E-state index in [1.165, 1.54) is 5.56 Å². The standard InChI is InChI=1S/C16H22N4O2/c1-19-15(16(21)22-18-19)11-17-14-7-9-20(10-8-14)12-13-5-3-2-4-6-13/h2-6,14,17H,7-12H2,1H3/p+1. The van der Waals surface area contributed by atoms with Crippen molar-refractivity contribution in [3.63, 3.8) is 0 Å². The minimum atomic E-state index is -0.295. The fraction of sp³-hybridized carbons (Fsp3) is 0.500. The highest BCUT2D eigenvalue weighted by Gasteiger charge is 2.22. The zero-order chi connectivity index (χ0) is 15.4. The molecule has 2 N–H and O–H groups in total. The number of H-pyrrole nitrogens is 1.